The first-order valence-corrected chi connectivity index (χ1v) is 6.79. The largest absolute Gasteiger partial charge is 0.328 e. The summed E-state index contributed by atoms with van der Waals surface area (Å²) in [4.78, 5) is 23.1. The Labute approximate surface area is 117 Å². The van der Waals surface area contributed by atoms with Crippen molar-refractivity contribution in [3.05, 3.63) is 34.7 Å². The molecule has 6 heteroatoms. The van der Waals surface area contributed by atoms with Gasteiger partial charge in [0.2, 0.25) is 5.91 Å². The van der Waals surface area contributed by atoms with Crippen LogP contribution in [-0.2, 0) is 18.4 Å². The SMILES string of the molecule is Cn1c(=O)n(CCCCCC(=O)NN)c2ccccc21. The number of benzene rings is 1. The molecule has 3 N–H and O–H groups in total. The fraction of sp³-hybridized carbons (Fsp3) is 0.429. The molecule has 0 radical (unpaired) electrons. The van der Waals surface area contributed by atoms with Gasteiger partial charge in [-0.2, -0.15) is 0 Å². The van der Waals surface area contributed by atoms with Crippen molar-refractivity contribution in [1.82, 2.24) is 14.6 Å². The van der Waals surface area contributed by atoms with Crippen molar-refractivity contribution in [3.63, 3.8) is 0 Å². The topological polar surface area (TPSA) is 82.0 Å². The lowest BCUT2D eigenvalue weighted by Gasteiger charge is -2.03. The molecule has 2 aromatic rings. The minimum Gasteiger partial charge on any atom is -0.295 e. The number of unbranched alkanes of at least 4 members (excludes halogenated alkanes) is 2. The number of amides is 1. The van der Waals surface area contributed by atoms with Crippen molar-refractivity contribution in [2.75, 3.05) is 0 Å². The average Bonchev–Trinajstić information content (AvgIpc) is 2.71. The zero-order valence-corrected chi connectivity index (χ0v) is 11.6. The number of carbonyl (C=O) groups excluding carboxylic acids is 1. The maximum Gasteiger partial charge on any atom is 0.328 e. The first-order valence-electron chi connectivity index (χ1n) is 6.79. The van der Waals surface area contributed by atoms with E-state index in [9.17, 15) is 9.59 Å². The molecule has 0 bridgehead atoms. The van der Waals surface area contributed by atoms with Crippen LogP contribution in [0.3, 0.4) is 0 Å². The van der Waals surface area contributed by atoms with Gasteiger partial charge in [-0.15, -0.1) is 0 Å². The summed E-state index contributed by atoms with van der Waals surface area (Å²) in [6.45, 7) is 0.671. The van der Waals surface area contributed by atoms with Gasteiger partial charge < -0.3 is 0 Å². The summed E-state index contributed by atoms with van der Waals surface area (Å²) in [5.74, 6) is 4.87. The number of rotatable bonds is 6. The Morgan fingerprint density at radius 1 is 1.20 bits per heavy atom. The Hall–Kier alpha value is -2.08. The van der Waals surface area contributed by atoms with E-state index < -0.39 is 0 Å². The van der Waals surface area contributed by atoms with Gasteiger partial charge >= 0.3 is 5.69 Å². The van der Waals surface area contributed by atoms with Gasteiger partial charge in [-0.1, -0.05) is 18.6 Å². The summed E-state index contributed by atoms with van der Waals surface area (Å²) in [5, 5.41) is 0. The maximum atomic E-state index is 12.2. The number of nitrogens with two attached hydrogens (primary N) is 1. The smallest absolute Gasteiger partial charge is 0.295 e. The lowest BCUT2D eigenvalue weighted by atomic mass is 10.2. The van der Waals surface area contributed by atoms with Crippen LogP contribution < -0.4 is 17.0 Å². The number of aryl methyl sites for hydroxylation is 2. The molecule has 0 spiro atoms. The summed E-state index contributed by atoms with van der Waals surface area (Å²) in [6.07, 6.45) is 2.97. The summed E-state index contributed by atoms with van der Waals surface area (Å²) in [6, 6.07) is 7.76. The summed E-state index contributed by atoms with van der Waals surface area (Å²) < 4.78 is 3.45. The molecule has 108 valence electrons. The highest BCUT2D eigenvalue weighted by atomic mass is 16.2. The highest BCUT2D eigenvalue weighted by molar-refractivity contribution is 5.76. The number of fused-ring (bicyclic) bond motifs is 1. The Bertz CT molecular complexity index is 657. The van der Waals surface area contributed by atoms with E-state index in [4.69, 9.17) is 5.84 Å². The Morgan fingerprint density at radius 2 is 1.90 bits per heavy atom. The number of nitrogens with one attached hydrogen (secondary N) is 1. The van der Waals surface area contributed by atoms with Gasteiger partial charge in [-0.05, 0) is 25.0 Å². The molecule has 1 aromatic carbocycles. The number of imidazole rings is 1. The number of aromatic nitrogens is 2. The zero-order valence-electron chi connectivity index (χ0n) is 11.6. The molecule has 0 saturated heterocycles. The summed E-state index contributed by atoms with van der Waals surface area (Å²) in [5.41, 5.74) is 4.02. The number of nitrogens with zero attached hydrogens (tertiary/aromatic N) is 2. The molecule has 1 amide bonds. The molecular weight excluding hydrogens is 256 g/mol. The molecule has 0 unspecified atom stereocenters. The molecule has 6 nitrogen and oxygen atoms in total. The van der Waals surface area contributed by atoms with Crippen LogP contribution in [0.2, 0.25) is 0 Å². The highest BCUT2D eigenvalue weighted by Gasteiger charge is 2.09. The van der Waals surface area contributed by atoms with Crippen molar-refractivity contribution >= 4 is 16.9 Å². The van der Waals surface area contributed by atoms with E-state index >= 15 is 0 Å². The van der Waals surface area contributed by atoms with Gasteiger partial charge in [-0.25, -0.2) is 10.6 Å². The van der Waals surface area contributed by atoms with Crippen LogP contribution in [0, 0.1) is 0 Å². The number of hydrazine groups is 1. The maximum absolute atomic E-state index is 12.2. The van der Waals surface area contributed by atoms with E-state index in [0.29, 0.717) is 13.0 Å². The van der Waals surface area contributed by atoms with Crippen LogP contribution in [-0.4, -0.2) is 15.0 Å². The summed E-state index contributed by atoms with van der Waals surface area (Å²) in [7, 11) is 1.78. The molecule has 0 aliphatic rings. The molecule has 0 saturated carbocycles. The second-order valence-electron chi connectivity index (χ2n) is 4.86. The van der Waals surface area contributed by atoms with Gasteiger partial charge in [0.15, 0.2) is 0 Å². The third kappa shape index (κ3) is 2.91. The van der Waals surface area contributed by atoms with Gasteiger partial charge in [0.1, 0.15) is 0 Å². The van der Waals surface area contributed by atoms with Gasteiger partial charge in [0.05, 0.1) is 11.0 Å². The molecule has 0 atom stereocenters. The predicted molar refractivity (Wildman–Crippen MR) is 78.0 cm³/mol. The van der Waals surface area contributed by atoms with Crippen molar-refractivity contribution in [3.8, 4) is 0 Å². The van der Waals surface area contributed by atoms with Crippen molar-refractivity contribution in [1.29, 1.82) is 0 Å². The Morgan fingerprint density at radius 3 is 2.60 bits per heavy atom. The van der Waals surface area contributed by atoms with E-state index in [1.165, 1.54) is 0 Å². The van der Waals surface area contributed by atoms with Gasteiger partial charge in [-0.3, -0.25) is 19.4 Å². The number of hydrogen-bond acceptors (Lipinski definition) is 3. The Kier molecular flexibility index (Phi) is 4.57. The lowest BCUT2D eigenvalue weighted by molar-refractivity contribution is -0.121. The number of para-hydroxylation sites is 2. The quantitative estimate of drug-likeness (QED) is 0.356. The second-order valence-corrected chi connectivity index (χ2v) is 4.86. The van der Waals surface area contributed by atoms with E-state index in [1.807, 2.05) is 24.3 Å². The normalized spacial score (nSPS) is 10.9. The Balaban J connectivity index is 1.99. The zero-order chi connectivity index (χ0) is 14.5. The van der Waals surface area contributed by atoms with E-state index in [1.54, 1.807) is 16.2 Å². The molecule has 20 heavy (non-hydrogen) atoms. The van der Waals surface area contributed by atoms with Gasteiger partial charge in [0, 0.05) is 20.0 Å². The van der Waals surface area contributed by atoms with Crippen molar-refractivity contribution in [2.24, 2.45) is 12.9 Å². The highest BCUT2D eigenvalue weighted by Crippen LogP contribution is 2.12. The minimum atomic E-state index is -0.146. The van der Waals surface area contributed by atoms with Crippen LogP contribution in [0.15, 0.2) is 29.1 Å². The van der Waals surface area contributed by atoms with Crippen LogP contribution in [0.5, 0.6) is 0 Å². The van der Waals surface area contributed by atoms with Crippen molar-refractivity contribution in [2.45, 2.75) is 32.2 Å². The molecule has 0 aliphatic carbocycles. The first kappa shape index (κ1) is 14.3. The standard InChI is InChI=1S/C14H20N4O2/c1-17-11-7-4-5-8-12(11)18(14(17)20)10-6-2-3-9-13(19)16-15/h4-5,7-8H,2-3,6,9-10,15H2,1H3,(H,16,19). The lowest BCUT2D eigenvalue weighted by Crippen LogP contribution is -2.29. The number of hydrogen-bond donors (Lipinski definition) is 2. The molecule has 0 fully saturated rings. The van der Waals surface area contributed by atoms with Crippen molar-refractivity contribution < 1.29 is 4.79 Å². The minimum absolute atomic E-state index is 0.00546. The van der Waals surface area contributed by atoms with Crippen LogP contribution >= 0.6 is 0 Å². The number of carbonyl (C=O) groups is 1. The van der Waals surface area contributed by atoms with E-state index in [2.05, 4.69) is 5.43 Å². The molecule has 0 aliphatic heterocycles. The molecule has 2 rings (SSSR count). The molecule has 1 aromatic heterocycles. The third-order valence-electron chi connectivity index (χ3n) is 3.50. The van der Waals surface area contributed by atoms with E-state index in [-0.39, 0.29) is 11.6 Å². The van der Waals surface area contributed by atoms with Gasteiger partial charge in [0.25, 0.3) is 0 Å². The molecule has 1 heterocycles. The van der Waals surface area contributed by atoms with Crippen LogP contribution in [0.4, 0.5) is 0 Å². The average molecular weight is 276 g/mol. The van der Waals surface area contributed by atoms with E-state index in [0.717, 1.165) is 30.3 Å². The van der Waals surface area contributed by atoms with Crippen LogP contribution in [0.1, 0.15) is 25.7 Å². The first-order chi connectivity index (χ1) is 9.65. The molecular formula is C14H20N4O2. The third-order valence-corrected chi connectivity index (χ3v) is 3.50. The van der Waals surface area contributed by atoms with Crippen LogP contribution in [0.25, 0.3) is 11.0 Å². The fourth-order valence-corrected chi connectivity index (χ4v) is 2.38. The second kappa shape index (κ2) is 6.38. The monoisotopic (exact) mass is 276 g/mol. The predicted octanol–water partition coefficient (Wildman–Crippen LogP) is 0.890. The summed E-state index contributed by atoms with van der Waals surface area (Å²) >= 11 is 0. The fourth-order valence-electron chi connectivity index (χ4n) is 2.38.